The van der Waals surface area contributed by atoms with Gasteiger partial charge in [-0.2, -0.15) is 0 Å². The number of carboxylic acids is 1. The van der Waals surface area contributed by atoms with Crippen molar-refractivity contribution in [2.75, 3.05) is 49.9 Å². The van der Waals surface area contributed by atoms with Crippen molar-refractivity contribution in [2.24, 2.45) is 0 Å². The predicted octanol–water partition coefficient (Wildman–Crippen LogP) is 6.51. The third kappa shape index (κ3) is 16.1. The third-order valence-electron chi connectivity index (χ3n) is 9.33. The molecule has 2 fully saturated rings. The normalized spacial score (nSPS) is 14.0. The molecule has 5 amide bonds. The number of aromatic carboxylic acids is 1. The van der Waals surface area contributed by atoms with Crippen molar-refractivity contribution in [3.05, 3.63) is 107 Å². The summed E-state index contributed by atoms with van der Waals surface area (Å²) in [5, 5.41) is 23.0. The molecule has 2 aliphatic rings. The Kier molecular flexibility index (Phi) is 18.8. The number of hydrogen-bond donors (Lipinski definition) is 8. The molecule has 4 heterocycles. The number of carboxylic acid groups (broad SMARTS) is 1. The number of ether oxygens (including phenoxy) is 2. The number of anilines is 2. The quantitative estimate of drug-likeness (QED) is 0.0956. The molecular formula is C45H62N8O9. The molecule has 0 unspecified atom stereocenters. The molecule has 2 aromatic heterocycles. The lowest BCUT2D eigenvalue weighted by atomic mass is 9.92. The molecule has 336 valence electrons. The van der Waals surface area contributed by atoms with Crippen LogP contribution in [0, 0.1) is 0 Å². The minimum atomic E-state index is -1.14. The maximum atomic E-state index is 13.1. The zero-order valence-corrected chi connectivity index (χ0v) is 35.7. The molecule has 17 heteroatoms. The fourth-order valence-electron chi connectivity index (χ4n) is 5.82. The number of carbonyl (C=O) groups is 6. The summed E-state index contributed by atoms with van der Waals surface area (Å²) in [5.41, 5.74) is 3.52. The third-order valence-corrected chi connectivity index (χ3v) is 9.33. The van der Waals surface area contributed by atoms with Crippen LogP contribution in [-0.4, -0.2) is 95.1 Å². The number of hydrogen-bond acceptors (Lipinski definition) is 9. The SMILES string of the molecule is C.CC(C)(C)c1cc(NC(=O)OCc2ccccc2)c(C(=O)N2CCNC(=O)CC2)[nH]1.CC(C)(C)c1cc(NC(=O)OCc2ccccc2)c(C(=O)O)[nH]1.O=C1CCNCCN1. The van der Waals surface area contributed by atoms with Gasteiger partial charge in [0.1, 0.15) is 24.6 Å². The molecule has 2 aliphatic heterocycles. The summed E-state index contributed by atoms with van der Waals surface area (Å²) in [5.74, 6) is -1.32. The van der Waals surface area contributed by atoms with Crippen LogP contribution >= 0.6 is 0 Å². The maximum absolute atomic E-state index is 13.1. The standard InChI is InChI=1S/C22H28N4O4.C17H20N2O4.C5H10N2O.CH4/c1-22(2,3)17-13-16(24-21(29)30-14-15-7-5-4-6-8-15)19(25-17)20(28)26-11-9-18(27)23-10-12-26;1-17(2,3)13-9-12(14(19-13)15(20)21)18-16(22)23-10-11-7-5-4-6-8-11;8-5-1-2-6-3-4-7-5;/h4-8,13,25H,9-12,14H2,1-3H3,(H,23,27)(H,24,29);4-9,19H,10H2,1-3H3,(H,18,22)(H,20,21);6H,1-4H2,(H,7,8);1H4. The zero-order chi connectivity index (χ0) is 44.6. The number of nitrogens with zero attached hydrogens (tertiary/aromatic N) is 1. The van der Waals surface area contributed by atoms with Crippen LogP contribution in [0.15, 0.2) is 72.8 Å². The number of rotatable bonds is 8. The van der Waals surface area contributed by atoms with Gasteiger partial charge >= 0.3 is 18.2 Å². The van der Waals surface area contributed by atoms with Gasteiger partial charge in [-0.3, -0.25) is 25.0 Å². The molecule has 4 aromatic rings. The fourth-order valence-corrected chi connectivity index (χ4v) is 5.82. The van der Waals surface area contributed by atoms with Gasteiger partial charge in [-0.15, -0.1) is 0 Å². The van der Waals surface area contributed by atoms with Crippen LogP contribution in [0.1, 0.15) is 105 Å². The highest BCUT2D eigenvalue weighted by Crippen LogP contribution is 2.29. The molecule has 0 aliphatic carbocycles. The molecule has 8 N–H and O–H groups in total. The second-order valence-electron chi connectivity index (χ2n) is 16.4. The summed E-state index contributed by atoms with van der Waals surface area (Å²) >= 11 is 0. The first-order chi connectivity index (χ1) is 28.9. The van der Waals surface area contributed by atoms with Gasteiger partial charge in [0.15, 0.2) is 0 Å². The van der Waals surface area contributed by atoms with Crippen LogP contribution in [0.2, 0.25) is 0 Å². The van der Waals surface area contributed by atoms with E-state index < -0.39 is 18.2 Å². The Balaban J connectivity index is 0.000000282. The van der Waals surface area contributed by atoms with Crippen molar-refractivity contribution >= 4 is 47.3 Å². The van der Waals surface area contributed by atoms with E-state index in [0.717, 1.165) is 36.5 Å². The van der Waals surface area contributed by atoms with Crippen LogP contribution in [0.4, 0.5) is 21.0 Å². The first-order valence-corrected chi connectivity index (χ1v) is 20.1. The van der Waals surface area contributed by atoms with E-state index in [4.69, 9.17) is 9.47 Å². The number of carbonyl (C=O) groups excluding carboxylic acids is 5. The van der Waals surface area contributed by atoms with Gasteiger partial charge in [0, 0.05) is 74.3 Å². The minimum absolute atomic E-state index is 0. The molecule has 0 radical (unpaired) electrons. The lowest BCUT2D eigenvalue weighted by Crippen LogP contribution is -2.35. The number of amides is 5. The second-order valence-corrected chi connectivity index (χ2v) is 16.4. The van der Waals surface area contributed by atoms with Gasteiger partial charge in [0.2, 0.25) is 11.8 Å². The molecule has 0 saturated carbocycles. The Bertz CT molecular complexity index is 2090. The van der Waals surface area contributed by atoms with E-state index in [0.29, 0.717) is 37.4 Å². The Hall–Kier alpha value is -6.62. The molecule has 6 rings (SSSR count). The van der Waals surface area contributed by atoms with Crippen LogP contribution < -0.4 is 26.6 Å². The van der Waals surface area contributed by atoms with E-state index in [1.165, 1.54) is 0 Å². The van der Waals surface area contributed by atoms with Gasteiger partial charge < -0.3 is 45.4 Å². The number of nitrogens with one attached hydrogen (secondary N) is 7. The van der Waals surface area contributed by atoms with E-state index in [1.807, 2.05) is 102 Å². The molecule has 0 spiro atoms. The smallest absolute Gasteiger partial charge is 0.412 e. The summed E-state index contributed by atoms with van der Waals surface area (Å²) in [7, 11) is 0. The molecule has 62 heavy (non-hydrogen) atoms. The van der Waals surface area contributed by atoms with Crippen molar-refractivity contribution in [3.8, 4) is 0 Å². The highest BCUT2D eigenvalue weighted by Gasteiger charge is 2.28. The molecule has 2 aromatic carbocycles. The van der Waals surface area contributed by atoms with Crippen molar-refractivity contribution in [2.45, 2.75) is 85.9 Å². The van der Waals surface area contributed by atoms with Crippen LogP contribution in [-0.2, 0) is 43.1 Å². The molecule has 2 saturated heterocycles. The summed E-state index contributed by atoms with van der Waals surface area (Å²) in [6.07, 6.45) is -0.462. The number of aromatic nitrogens is 2. The Morgan fingerprint density at radius 1 is 0.645 bits per heavy atom. The van der Waals surface area contributed by atoms with Crippen LogP contribution in [0.25, 0.3) is 0 Å². The first kappa shape index (κ1) is 49.7. The predicted molar refractivity (Wildman–Crippen MR) is 237 cm³/mol. The zero-order valence-electron chi connectivity index (χ0n) is 35.7. The highest BCUT2D eigenvalue weighted by atomic mass is 16.6. The second kappa shape index (κ2) is 23.4. The minimum Gasteiger partial charge on any atom is -0.477 e. The van der Waals surface area contributed by atoms with Crippen molar-refractivity contribution in [1.82, 2.24) is 30.8 Å². The average molecular weight is 859 g/mol. The van der Waals surface area contributed by atoms with E-state index >= 15 is 0 Å². The largest absolute Gasteiger partial charge is 0.477 e. The van der Waals surface area contributed by atoms with Gasteiger partial charge in [0.25, 0.3) is 5.91 Å². The van der Waals surface area contributed by atoms with Gasteiger partial charge in [-0.05, 0) is 23.3 Å². The molecule has 0 atom stereocenters. The van der Waals surface area contributed by atoms with Gasteiger partial charge in [-0.25, -0.2) is 14.4 Å². The summed E-state index contributed by atoms with van der Waals surface area (Å²) in [6.45, 7) is 15.8. The average Bonchev–Trinajstić information content (AvgIpc) is 3.69. The van der Waals surface area contributed by atoms with E-state index in [-0.39, 0.29) is 72.7 Å². The summed E-state index contributed by atoms with van der Waals surface area (Å²) in [4.78, 5) is 78.4. The van der Waals surface area contributed by atoms with Crippen molar-refractivity contribution in [3.63, 3.8) is 0 Å². The van der Waals surface area contributed by atoms with Crippen molar-refractivity contribution < 1.29 is 43.3 Å². The molecule has 0 bridgehead atoms. The van der Waals surface area contributed by atoms with Gasteiger partial charge in [-0.1, -0.05) is 110 Å². The van der Waals surface area contributed by atoms with Crippen molar-refractivity contribution in [1.29, 1.82) is 0 Å². The number of aromatic amines is 2. The molecular weight excluding hydrogens is 797 g/mol. The van der Waals surface area contributed by atoms with Crippen LogP contribution in [0.5, 0.6) is 0 Å². The molecule has 17 nitrogen and oxygen atoms in total. The highest BCUT2D eigenvalue weighted by molar-refractivity contribution is 6.02. The van der Waals surface area contributed by atoms with E-state index in [2.05, 4.69) is 36.6 Å². The van der Waals surface area contributed by atoms with Crippen LogP contribution in [0.3, 0.4) is 0 Å². The summed E-state index contributed by atoms with van der Waals surface area (Å²) in [6, 6.07) is 22.0. The number of benzene rings is 2. The maximum Gasteiger partial charge on any atom is 0.412 e. The topological polar surface area (TPSA) is 236 Å². The first-order valence-electron chi connectivity index (χ1n) is 20.1. The Morgan fingerprint density at radius 2 is 1.11 bits per heavy atom. The number of H-pyrrole nitrogens is 2. The van der Waals surface area contributed by atoms with E-state index in [9.17, 15) is 33.9 Å². The van der Waals surface area contributed by atoms with Gasteiger partial charge in [0.05, 0.1) is 11.4 Å². The monoisotopic (exact) mass is 858 g/mol. The lowest BCUT2D eigenvalue weighted by molar-refractivity contribution is -0.121. The summed E-state index contributed by atoms with van der Waals surface area (Å²) < 4.78 is 10.4. The Labute approximate surface area is 363 Å². The lowest BCUT2D eigenvalue weighted by Gasteiger charge is -2.20. The van der Waals surface area contributed by atoms with E-state index in [1.54, 1.807) is 17.0 Å². The fraction of sp³-hybridized carbons (Fsp3) is 0.422. The Morgan fingerprint density at radius 3 is 1.61 bits per heavy atom.